The summed E-state index contributed by atoms with van der Waals surface area (Å²) in [5, 5.41) is 8.19. The number of Topliss-reactive ketones (excluding diaryl/α,β-unsaturated/α-hetero) is 1. The van der Waals surface area contributed by atoms with Gasteiger partial charge in [0.05, 0.1) is 31.1 Å². The van der Waals surface area contributed by atoms with Crippen LogP contribution in [-0.4, -0.2) is 46.8 Å². The molecule has 2 aliphatic heterocycles. The van der Waals surface area contributed by atoms with Gasteiger partial charge < -0.3 is 4.74 Å². The summed E-state index contributed by atoms with van der Waals surface area (Å²) in [4.78, 5) is 20.4. The maximum Gasteiger partial charge on any atom is 0.163 e. The minimum absolute atomic E-state index is 0.147. The lowest BCUT2D eigenvalue weighted by Crippen LogP contribution is -2.36. The number of nitrogens with zero attached hydrogens (tertiary/aromatic N) is 3. The number of ketones is 1. The molecular weight excluding hydrogens is 467 g/mol. The maximum atomic E-state index is 14.5. The molecule has 3 aromatic carbocycles. The van der Waals surface area contributed by atoms with Crippen molar-refractivity contribution in [1.82, 2.24) is 15.1 Å². The number of methoxy groups -OCH3 is 1. The number of aromatic nitrogens is 2. The predicted octanol–water partition coefficient (Wildman–Crippen LogP) is 5.55. The van der Waals surface area contributed by atoms with Gasteiger partial charge in [-0.2, -0.15) is 5.10 Å². The highest BCUT2D eigenvalue weighted by Gasteiger charge is 2.26. The van der Waals surface area contributed by atoms with Crippen LogP contribution >= 0.6 is 0 Å². The first-order chi connectivity index (χ1) is 18.1. The molecule has 37 heavy (non-hydrogen) atoms. The van der Waals surface area contributed by atoms with E-state index in [4.69, 9.17) is 9.73 Å². The first-order valence-corrected chi connectivity index (χ1v) is 12.8. The van der Waals surface area contributed by atoms with Crippen molar-refractivity contribution in [2.75, 3.05) is 20.2 Å². The second kappa shape index (κ2) is 9.90. The van der Waals surface area contributed by atoms with Gasteiger partial charge in [0.15, 0.2) is 5.78 Å². The Labute approximate surface area is 215 Å². The van der Waals surface area contributed by atoms with E-state index in [-0.39, 0.29) is 17.5 Å². The second-order valence-corrected chi connectivity index (χ2v) is 10.0. The molecule has 1 aromatic heterocycles. The largest absolute Gasteiger partial charge is 0.496 e. The van der Waals surface area contributed by atoms with Crippen LogP contribution in [0.2, 0.25) is 0 Å². The van der Waals surface area contributed by atoms with Gasteiger partial charge in [0.2, 0.25) is 0 Å². The van der Waals surface area contributed by atoms with Crippen molar-refractivity contribution in [2.45, 2.75) is 32.4 Å². The lowest BCUT2D eigenvalue weighted by Gasteiger charge is -2.33. The molecule has 0 amide bonds. The fraction of sp³-hybridized carbons (Fsp3) is 0.300. The van der Waals surface area contributed by atoms with Crippen molar-refractivity contribution in [3.63, 3.8) is 0 Å². The average Bonchev–Trinajstić information content (AvgIpc) is 3.56. The Kier molecular flexibility index (Phi) is 6.30. The van der Waals surface area contributed by atoms with Gasteiger partial charge in [-0.3, -0.25) is 19.8 Å². The summed E-state index contributed by atoms with van der Waals surface area (Å²) < 4.78 is 19.8. The number of fused-ring (bicyclic) bond motifs is 2. The number of piperidine rings is 1. The van der Waals surface area contributed by atoms with Crippen LogP contribution in [0.25, 0.3) is 10.9 Å². The predicted molar refractivity (Wildman–Crippen MR) is 142 cm³/mol. The van der Waals surface area contributed by atoms with Gasteiger partial charge >= 0.3 is 0 Å². The van der Waals surface area contributed by atoms with E-state index >= 15 is 0 Å². The Morgan fingerprint density at radius 2 is 2.11 bits per heavy atom. The average molecular weight is 497 g/mol. The Morgan fingerprint density at radius 1 is 1.19 bits per heavy atom. The van der Waals surface area contributed by atoms with Gasteiger partial charge in [-0.1, -0.05) is 30.3 Å². The minimum Gasteiger partial charge on any atom is -0.496 e. The van der Waals surface area contributed by atoms with E-state index in [0.29, 0.717) is 30.8 Å². The lowest BCUT2D eigenvalue weighted by atomic mass is 9.89. The van der Waals surface area contributed by atoms with Crippen LogP contribution in [-0.2, 0) is 13.1 Å². The highest BCUT2D eigenvalue weighted by molar-refractivity contribution is 6.17. The van der Waals surface area contributed by atoms with E-state index in [1.54, 1.807) is 25.4 Å². The fourth-order valence-corrected chi connectivity index (χ4v) is 5.64. The van der Waals surface area contributed by atoms with Gasteiger partial charge in [0.1, 0.15) is 11.6 Å². The molecule has 6 rings (SSSR count). The molecule has 0 aliphatic carbocycles. The standard InChI is InChI=1S/C30H29FN4O2/c1-37-29-6-2-5-26(31)25(29)18-35-11-3-4-19(17-35)12-28(36)20-7-9-22-15-32-30(24(22)13-20)21-8-10-23-16-33-34-27(23)14-21/h2,5-10,13-14,16,19H,3-4,11-12,15,17-18H2,1H3,(H,33,34)/t19-/m0/s1. The number of hydrogen-bond acceptors (Lipinski definition) is 5. The topological polar surface area (TPSA) is 70.6 Å². The number of aliphatic imine (C=N–C) groups is 1. The molecule has 0 unspecified atom stereocenters. The number of ether oxygens (including phenoxy) is 1. The Bertz CT molecular complexity index is 1510. The molecule has 3 heterocycles. The van der Waals surface area contributed by atoms with E-state index in [9.17, 15) is 9.18 Å². The molecule has 1 atom stereocenters. The third kappa shape index (κ3) is 4.67. The molecule has 188 valence electrons. The normalized spacial score (nSPS) is 17.6. The van der Waals surface area contributed by atoms with Gasteiger partial charge in [-0.05, 0) is 55.1 Å². The third-order valence-electron chi connectivity index (χ3n) is 7.56. The maximum absolute atomic E-state index is 14.5. The zero-order valence-electron chi connectivity index (χ0n) is 20.8. The van der Waals surface area contributed by atoms with E-state index in [1.165, 1.54) is 6.07 Å². The van der Waals surface area contributed by atoms with Gasteiger partial charge in [-0.25, -0.2) is 4.39 Å². The summed E-state index contributed by atoms with van der Waals surface area (Å²) in [7, 11) is 1.57. The number of nitrogens with one attached hydrogen (secondary N) is 1. The molecule has 0 saturated carbocycles. The third-order valence-corrected chi connectivity index (χ3v) is 7.56. The smallest absolute Gasteiger partial charge is 0.163 e. The summed E-state index contributed by atoms with van der Waals surface area (Å²) in [6.45, 7) is 2.77. The number of carbonyl (C=O) groups excluding carboxylic acids is 1. The molecule has 6 nitrogen and oxygen atoms in total. The van der Waals surface area contributed by atoms with Crippen molar-refractivity contribution in [2.24, 2.45) is 10.9 Å². The van der Waals surface area contributed by atoms with Crippen molar-refractivity contribution in [1.29, 1.82) is 0 Å². The first-order valence-electron chi connectivity index (χ1n) is 12.8. The van der Waals surface area contributed by atoms with Crippen LogP contribution in [0.15, 0.2) is 65.8 Å². The fourth-order valence-electron chi connectivity index (χ4n) is 5.64. The quantitative estimate of drug-likeness (QED) is 0.341. The SMILES string of the molecule is COc1cccc(F)c1CN1CCC[C@@H](CC(=O)c2ccc3c(c2)C(c2ccc4cn[nH]c4c2)=NC3)C1. The molecule has 0 bridgehead atoms. The monoisotopic (exact) mass is 496 g/mol. The summed E-state index contributed by atoms with van der Waals surface area (Å²) in [6.07, 6.45) is 4.28. The summed E-state index contributed by atoms with van der Waals surface area (Å²) >= 11 is 0. The molecule has 0 spiro atoms. The van der Waals surface area contributed by atoms with E-state index in [2.05, 4.69) is 27.2 Å². The summed E-state index contributed by atoms with van der Waals surface area (Å²) in [6, 6.07) is 17.1. The molecule has 1 saturated heterocycles. The second-order valence-electron chi connectivity index (χ2n) is 10.0. The number of likely N-dealkylation sites (tertiary alicyclic amines) is 1. The summed E-state index contributed by atoms with van der Waals surface area (Å²) in [5.41, 5.74) is 6.38. The molecule has 4 aromatic rings. The van der Waals surface area contributed by atoms with Gasteiger partial charge in [0.25, 0.3) is 0 Å². The van der Waals surface area contributed by atoms with Crippen LogP contribution in [0.3, 0.4) is 0 Å². The van der Waals surface area contributed by atoms with Crippen molar-refractivity contribution in [3.8, 4) is 5.75 Å². The first kappa shape index (κ1) is 23.6. The lowest BCUT2D eigenvalue weighted by molar-refractivity contribution is 0.0911. The molecule has 1 fully saturated rings. The summed E-state index contributed by atoms with van der Waals surface area (Å²) in [5.74, 6) is 0.705. The highest BCUT2D eigenvalue weighted by atomic mass is 19.1. The minimum atomic E-state index is -0.250. The number of rotatable bonds is 7. The number of H-pyrrole nitrogens is 1. The van der Waals surface area contributed by atoms with Crippen molar-refractivity contribution < 1.29 is 13.9 Å². The number of aromatic amines is 1. The molecule has 0 radical (unpaired) electrons. The zero-order valence-corrected chi connectivity index (χ0v) is 20.8. The van der Waals surface area contributed by atoms with Gasteiger partial charge in [-0.15, -0.1) is 0 Å². The number of halogens is 1. The van der Waals surface area contributed by atoms with Crippen LogP contribution in [0, 0.1) is 11.7 Å². The Hall–Kier alpha value is -3.84. The van der Waals surface area contributed by atoms with Crippen LogP contribution in [0.4, 0.5) is 4.39 Å². The molecular formula is C30H29FN4O2. The Balaban J connectivity index is 1.16. The van der Waals surface area contributed by atoms with Gasteiger partial charge in [0, 0.05) is 47.2 Å². The van der Waals surface area contributed by atoms with E-state index < -0.39 is 0 Å². The Morgan fingerprint density at radius 3 is 3.00 bits per heavy atom. The number of hydrogen-bond donors (Lipinski definition) is 1. The molecule has 2 aliphatic rings. The highest BCUT2D eigenvalue weighted by Crippen LogP contribution is 2.29. The van der Waals surface area contributed by atoms with Crippen molar-refractivity contribution >= 4 is 22.4 Å². The van der Waals surface area contributed by atoms with E-state index in [1.807, 2.05) is 24.3 Å². The van der Waals surface area contributed by atoms with Crippen LogP contribution < -0.4 is 4.74 Å². The van der Waals surface area contributed by atoms with Crippen LogP contribution in [0.5, 0.6) is 5.75 Å². The van der Waals surface area contributed by atoms with E-state index in [0.717, 1.165) is 64.8 Å². The molecule has 1 N–H and O–H groups in total. The molecule has 7 heteroatoms. The zero-order chi connectivity index (χ0) is 25.4. The van der Waals surface area contributed by atoms with Crippen molar-refractivity contribution in [3.05, 3.63) is 94.4 Å². The number of carbonyl (C=O) groups is 1. The van der Waals surface area contributed by atoms with Crippen LogP contribution in [0.1, 0.15) is 51.9 Å². The number of benzene rings is 3.